The summed E-state index contributed by atoms with van der Waals surface area (Å²) < 4.78 is 15.2. The summed E-state index contributed by atoms with van der Waals surface area (Å²) in [6.07, 6.45) is 5.67. The average Bonchev–Trinajstić information content (AvgIpc) is 2.81. The maximum absolute atomic E-state index is 11.5. The van der Waals surface area contributed by atoms with Gasteiger partial charge >= 0.3 is 6.09 Å². The van der Waals surface area contributed by atoms with E-state index in [1.807, 2.05) is 20.8 Å². The largest absolute Gasteiger partial charge is 0.444 e. The number of nitrogens with one attached hydrogen (secondary N) is 1. The molecule has 0 aromatic heterocycles. The lowest BCUT2D eigenvalue weighted by molar-refractivity contribution is 0.0528. The first-order valence-corrected chi connectivity index (χ1v) is 12.6. The highest BCUT2D eigenvalue weighted by Gasteiger charge is 2.15. The summed E-state index contributed by atoms with van der Waals surface area (Å²) in [6, 6.07) is 17.2. The Hall–Kier alpha value is -2.41. The molecule has 1 amide bonds. The van der Waals surface area contributed by atoms with E-state index in [0.717, 1.165) is 58.3 Å². The molecule has 2 rings (SSSR count). The summed E-state index contributed by atoms with van der Waals surface area (Å²) in [6.45, 7) is 8.51. The summed E-state index contributed by atoms with van der Waals surface area (Å²) in [7, 11) is 3.46. The van der Waals surface area contributed by atoms with Gasteiger partial charge in [0.2, 0.25) is 0 Å². The van der Waals surface area contributed by atoms with Crippen molar-refractivity contribution >= 4 is 6.09 Å². The molecule has 6 heteroatoms. The van der Waals surface area contributed by atoms with Crippen LogP contribution in [0.15, 0.2) is 48.5 Å². The molecule has 3 N–H and O–H groups in total. The van der Waals surface area contributed by atoms with E-state index in [9.17, 15) is 4.79 Å². The van der Waals surface area contributed by atoms with E-state index in [1.165, 1.54) is 22.3 Å². The van der Waals surface area contributed by atoms with Crippen molar-refractivity contribution in [2.75, 3.05) is 40.5 Å². The first kappa shape index (κ1) is 30.6. The molecule has 35 heavy (non-hydrogen) atoms. The Morgan fingerprint density at radius 1 is 0.743 bits per heavy atom. The van der Waals surface area contributed by atoms with Crippen molar-refractivity contribution in [3.8, 4) is 0 Å². The number of alkyl carbamates (subject to hydrolysis) is 1. The van der Waals surface area contributed by atoms with Crippen molar-refractivity contribution in [1.82, 2.24) is 5.32 Å². The Labute approximate surface area is 212 Å². The Morgan fingerprint density at radius 3 is 1.51 bits per heavy atom. The standard InChI is InChI=1S/C17H27NO3.C12H19NO/c1-17(2,3)21-16(19)18-12-11-15-9-7-14(8-10-15)6-5-13-20-4;1-14-10-2-3-11-4-6-12(7-5-11)8-9-13/h7-10H,5-6,11-13H2,1-4H3,(H,18,19);4-7H,2-3,8-10,13H2,1H3. The van der Waals surface area contributed by atoms with Gasteiger partial charge in [-0.15, -0.1) is 0 Å². The molecule has 0 saturated heterocycles. The number of carbonyl (C=O) groups excluding carboxylic acids is 1. The molecular formula is C29H46N2O4. The number of ether oxygens (including phenoxy) is 3. The molecule has 0 heterocycles. The Bertz CT molecular complexity index is 799. The van der Waals surface area contributed by atoms with Crippen LogP contribution in [0.3, 0.4) is 0 Å². The monoisotopic (exact) mass is 486 g/mol. The van der Waals surface area contributed by atoms with E-state index in [0.29, 0.717) is 6.54 Å². The number of nitrogens with two attached hydrogens (primary N) is 1. The highest BCUT2D eigenvalue weighted by molar-refractivity contribution is 5.67. The quantitative estimate of drug-likeness (QED) is 0.385. The number of rotatable bonds is 13. The van der Waals surface area contributed by atoms with Crippen LogP contribution < -0.4 is 11.1 Å². The zero-order valence-electron chi connectivity index (χ0n) is 22.4. The predicted molar refractivity (Wildman–Crippen MR) is 144 cm³/mol. The molecule has 0 aliphatic carbocycles. The highest BCUT2D eigenvalue weighted by Crippen LogP contribution is 2.09. The number of methoxy groups -OCH3 is 2. The molecular weight excluding hydrogens is 440 g/mol. The van der Waals surface area contributed by atoms with Gasteiger partial charge in [-0.25, -0.2) is 4.79 Å². The van der Waals surface area contributed by atoms with Gasteiger partial charge < -0.3 is 25.3 Å². The van der Waals surface area contributed by atoms with Crippen LogP contribution in [0.25, 0.3) is 0 Å². The SMILES string of the molecule is COCCCc1ccc(CCN)cc1.COCCCc1ccc(CCNC(=O)OC(C)(C)C)cc1. The topological polar surface area (TPSA) is 82.8 Å². The van der Waals surface area contributed by atoms with Crippen LogP contribution in [0.1, 0.15) is 55.9 Å². The third kappa shape index (κ3) is 16.0. The summed E-state index contributed by atoms with van der Waals surface area (Å²) in [5.41, 5.74) is 10.3. The smallest absolute Gasteiger partial charge is 0.407 e. The van der Waals surface area contributed by atoms with Crippen LogP contribution in [-0.2, 0) is 39.9 Å². The average molecular weight is 487 g/mol. The number of amides is 1. The van der Waals surface area contributed by atoms with Crippen LogP contribution in [0, 0.1) is 0 Å². The lowest BCUT2D eigenvalue weighted by Gasteiger charge is -2.19. The number of carbonyl (C=O) groups is 1. The van der Waals surface area contributed by atoms with E-state index in [4.69, 9.17) is 19.9 Å². The van der Waals surface area contributed by atoms with Crippen molar-refractivity contribution in [2.24, 2.45) is 5.73 Å². The fourth-order valence-electron chi connectivity index (χ4n) is 3.38. The lowest BCUT2D eigenvalue weighted by Crippen LogP contribution is -2.33. The van der Waals surface area contributed by atoms with E-state index >= 15 is 0 Å². The van der Waals surface area contributed by atoms with Crippen LogP contribution in [0.2, 0.25) is 0 Å². The minimum absolute atomic E-state index is 0.362. The second-order valence-corrected chi connectivity index (χ2v) is 9.54. The van der Waals surface area contributed by atoms with Gasteiger partial charge in [-0.2, -0.15) is 0 Å². The molecule has 0 spiro atoms. The van der Waals surface area contributed by atoms with E-state index < -0.39 is 5.60 Å². The van der Waals surface area contributed by atoms with Gasteiger partial charge in [-0.3, -0.25) is 0 Å². The van der Waals surface area contributed by atoms with Crippen LogP contribution in [-0.4, -0.2) is 52.2 Å². The Kier molecular flexibility index (Phi) is 15.7. The van der Waals surface area contributed by atoms with Crippen molar-refractivity contribution < 1.29 is 19.0 Å². The zero-order valence-corrected chi connectivity index (χ0v) is 22.4. The summed E-state index contributed by atoms with van der Waals surface area (Å²) in [5.74, 6) is 0. The third-order valence-electron chi connectivity index (χ3n) is 5.19. The predicted octanol–water partition coefficient (Wildman–Crippen LogP) is 5.10. The minimum atomic E-state index is -0.450. The number of aryl methyl sites for hydroxylation is 2. The fourth-order valence-corrected chi connectivity index (χ4v) is 3.38. The molecule has 0 aliphatic heterocycles. The van der Waals surface area contributed by atoms with Gasteiger partial charge in [0, 0.05) is 34.0 Å². The van der Waals surface area contributed by atoms with E-state index in [-0.39, 0.29) is 6.09 Å². The maximum Gasteiger partial charge on any atom is 0.407 e. The number of benzene rings is 2. The van der Waals surface area contributed by atoms with E-state index in [1.54, 1.807) is 14.2 Å². The minimum Gasteiger partial charge on any atom is -0.444 e. The summed E-state index contributed by atoms with van der Waals surface area (Å²) in [5, 5.41) is 2.77. The van der Waals surface area contributed by atoms with Gasteiger partial charge in [0.1, 0.15) is 5.60 Å². The molecule has 2 aromatic carbocycles. The molecule has 196 valence electrons. The summed E-state index contributed by atoms with van der Waals surface area (Å²) in [4.78, 5) is 11.5. The number of hydrogen-bond donors (Lipinski definition) is 2. The maximum atomic E-state index is 11.5. The van der Waals surface area contributed by atoms with Gasteiger partial charge in [-0.05, 0) is 88.1 Å². The molecule has 0 aliphatic rings. The summed E-state index contributed by atoms with van der Waals surface area (Å²) >= 11 is 0. The Balaban J connectivity index is 0.000000379. The molecule has 2 aromatic rings. The second-order valence-electron chi connectivity index (χ2n) is 9.54. The van der Waals surface area contributed by atoms with Gasteiger partial charge in [-0.1, -0.05) is 48.5 Å². The van der Waals surface area contributed by atoms with Gasteiger partial charge in [0.05, 0.1) is 0 Å². The van der Waals surface area contributed by atoms with Crippen molar-refractivity contribution in [1.29, 1.82) is 0 Å². The first-order chi connectivity index (χ1) is 16.8. The Morgan fingerprint density at radius 2 is 1.14 bits per heavy atom. The first-order valence-electron chi connectivity index (χ1n) is 12.6. The molecule has 0 bridgehead atoms. The molecule has 0 fully saturated rings. The molecule has 0 atom stereocenters. The van der Waals surface area contributed by atoms with Crippen molar-refractivity contribution in [2.45, 2.75) is 64.9 Å². The molecule has 6 nitrogen and oxygen atoms in total. The van der Waals surface area contributed by atoms with Crippen LogP contribution in [0.5, 0.6) is 0 Å². The van der Waals surface area contributed by atoms with Crippen LogP contribution >= 0.6 is 0 Å². The third-order valence-corrected chi connectivity index (χ3v) is 5.19. The second kappa shape index (κ2) is 17.9. The van der Waals surface area contributed by atoms with Crippen molar-refractivity contribution in [3.05, 3.63) is 70.8 Å². The van der Waals surface area contributed by atoms with Gasteiger partial charge in [0.15, 0.2) is 0 Å². The molecule has 0 radical (unpaired) electrons. The number of hydrogen-bond acceptors (Lipinski definition) is 5. The molecule has 0 unspecified atom stereocenters. The zero-order chi connectivity index (χ0) is 25.9. The normalized spacial score (nSPS) is 10.9. The van der Waals surface area contributed by atoms with Crippen LogP contribution in [0.4, 0.5) is 4.79 Å². The van der Waals surface area contributed by atoms with Gasteiger partial charge in [0.25, 0.3) is 0 Å². The molecule has 0 saturated carbocycles. The lowest BCUT2D eigenvalue weighted by atomic mass is 10.1. The van der Waals surface area contributed by atoms with E-state index in [2.05, 4.69) is 53.8 Å². The highest BCUT2D eigenvalue weighted by atomic mass is 16.6. The van der Waals surface area contributed by atoms with Crippen molar-refractivity contribution in [3.63, 3.8) is 0 Å². The fraction of sp³-hybridized carbons (Fsp3) is 0.552.